The summed E-state index contributed by atoms with van der Waals surface area (Å²) in [6.45, 7) is 6.34. The van der Waals surface area contributed by atoms with Crippen LogP contribution in [-0.2, 0) is 4.79 Å². The van der Waals surface area contributed by atoms with Gasteiger partial charge in [0.2, 0.25) is 5.91 Å². The minimum atomic E-state index is -0.00903. The Morgan fingerprint density at radius 3 is 3.09 bits per heavy atom. The lowest BCUT2D eigenvalue weighted by Gasteiger charge is -2.38. The van der Waals surface area contributed by atoms with Crippen LogP contribution in [0.1, 0.15) is 19.8 Å². The van der Waals surface area contributed by atoms with Crippen molar-refractivity contribution in [3.05, 3.63) is 31.2 Å². The maximum Gasteiger partial charge on any atom is 0.246 e. The molecule has 1 aliphatic rings. The maximum atomic E-state index is 11.9. The van der Waals surface area contributed by atoms with Gasteiger partial charge in [-0.05, 0) is 31.9 Å². The molecule has 0 aliphatic carbocycles. The van der Waals surface area contributed by atoms with Gasteiger partial charge in [-0.15, -0.1) is 0 Å². The van der Waals surface area contributed by atoms with Crippen LogP contribution in [0.5, 0.6) is 0 Å². The van der Waals surface area contributed by atoms with Crippen molar-refractivity contribution in [1.29, 1.82) is 0 Å². The van der Waals surface area contributed by atoms with Gasteiger partial charge in [0, 0.05) is 24.8 Å². The predicted octanol–water partition coefficient (Wildman–Crippen LogP) is 2.61. The number of nitrogens with zero attached hydrogens (tertiary/aromatic N) is 4. The summed E-state index contributed by atoms with van der Waals surface area (Å²) in [6, 6.07) is 2.45. The van der Waals surface area contributed by atoms with E-state index in [-0.39, 0.29) is 18.0 Å². The summed E-state index contributed by atoms with van der Waals surface area (Å²) in [7, 11) is 0. The molecule has 2 aromatic heterocycles. The fraction of sp³-hybridized carbons (Fsp3) is 0.400. The summed E-state index contributed by atoms with van der Waals surface area (Å²) in [4.78, 5) is 22.5. The zero-order chi connectivity index (χ0) is 15.7. The number of hydrogen-bond donors (Lipinski definition) is 1. The van der Waals surface area contributed by atoms with Crippen molar-refractivity contribution < 1.29 is 4.79 Å². The van der Waals surface area contributed by atoms with Crippen LogP contribution in [0, 0.1) is 0 Å². The summed E-state index contributed by atoms with van der Waals surface area (Å²) in [6.07, 6.45) is 6.90. The van der Waals surface area contributed by atoms with Crippen molar-refractivity contribution >= 4 is 45.6 Å². The first-order chi connectivity index (χ1) is 10.6. The van der Waals surface area contributed by atoms with E-state index in [0.29, 0.717) is 6.54 Å². The molecule has 6 nitrogen and oxygen atoms in total. The highest BCUT2D eigenvalue weighted by Crippen LogP contribution is 2.25. The number of rotatable bonds is 3. The molecule has 0 saturated carbocycles. The number of piperidine rings is 1. The Balaban J connectivity index is 1.80. The number of carbonyl (C=O) groups is 1. The molecule has 1 fully saturated rings. The van der Waals surface area contributed by atoms with Crippen LogP contribution in [0.25, 0.3) is 11.0 Å². The molecular weight excluding hydrogens is 393 g/mol. The fourth-order valence-electron chi connectivity index (χ4n) is 2.88. The van der Waals surface area contributed by atoms with Gasteiger partial charge < -0.3 is 10.2 Å². The first kappa shape index (κ1) is 15.3. The van der Waals surface area contributed by atoms with Crippen molar-refractivity contribution in [2.24, 2.45) is 0 Å². The molecule has 3 heterocycles. The van der Waals surface area contributed by atoms with E-state index >= 15 is 0 Å². The van der Waals surface area contributed by atoms with Crippen LogP contribution in [0.15, 0.2) is 31.2 Å². The number of amides is 1. The van der Waals surface area contributed by atoms with E-state index in [4.69, 9.17) is 0 Å². The Kier molecular flexibility index (Phi) is 4.32. The summed E-state index contributed by atoms with van der Waals surface area (Å²) < 4.78 is 1.94. The molecule has 0 radical (unpaired) electrons. The molecule has 2 atom stereocenters. The van der Waals surface area contributed by atoms with Gasteiger partial charge in [0.25, 0.3) is 0 Å². The van der Waals surface area contributed by atoms with Gasteiger partial charge in [-0.3, -0.25) is 7.58 Å². The van der Waals surface area contributed by atoms with Crippen molar-refractivity contribution in [3.8, 4) is 0 Å². The highest BCUT2D eigenvalue weighted by atomic mass is 127. The molecule has 0 bridgehead atoms. The van der Waals surface area contributed by atoms with Crippen LogP contribution in [0.4, 0.5) is 5.82 Å². The normalized spacial score (nSPS) is 21.8. The standard InChI is InChI=1S/C15H18IN5O/c1-3-13(22)20-8-11(5-4-10(20)2)19-14-12-6-7-21(16)15(12)18-9-17-14/h3,6-7,9-11H,1,4-5,8H2,2H3,(H,17,18,19)/t10-,11+/m0/s1. The van der Waals surface area contributed by atoms with E-state index < -0.39 is 0 Å². The number of fused-ring (bicyclic) bond motifs is 1. The number of carbonyl (C=O) groups excluding carboxylic acids is 1. The number of hydrogen-bond acceptors (Lipinski definition) is 4. The number of aromatic nitrogens is 3. The Labute approximate surface area is 143 Å². The van der Waals surface area contributed by atoms with Crippen molar-refractivity contribution in [2.45, 2.75) is 31.8 Å². The van der Waals surface area contributed by atoms with Crippen molar-refractivity contribution in [1.82, 2.24) is 17.6 Å². The van der Waals surface area contributed by atoms with E-state index in [9.17, 15) is 4.79 Å². The summed E-state index contributed by atoms with van der Waals surface area (Å²) in [5.41, 5.74) is 0.890. The molecular formula is C15H18IN5O. The molecule has 2 aromatic rings. The third-order valence-corrected chi connectivity index (χ3v) is 4.90. The lowest BCUT2D eigenvalue weighted by molar-refractivity contribution is -0.129. The lowest BCUT2D eigenvalue weighted by Crippen LogP contribution is -2.49. The monoisotopic (exact) mass is 411 g/mol. The van der Waals surface area contributed by atoms with Crippen LogP contribution < -0.4 is 5.32 Å². The van der Waals surface area contributed by atoms with E-state index in [0.717, 1.165) is 29.7 Å². The minimum Gasteiger partial charge on any atom is -0.365 e. The number of halogens is 1. The second kappa shape index (κ2) is 6.23. The average Bonchev–Trinajstić information content (AvgIpc) is 2.91. The Hall–Kier alpha value is -1.64. The van der Waals surface area contributed by atoms with Gasteiger partial charge in [0.1, 0.15) is 12.1 Å². The van der Waals surface area contributed by atoms with Gasteiger partial charge in [0.15, 0.2) is 5.65 Å². The molecule has 0 aromatic carbocycles. The molecule has 0 spiro atoms. The Morgan fingerprint density at radius 2 is 2.32 bits per heavy atom. The summed E-state index contributed by atoms with van der Waals surface area (Å²) in [5.74, 6) is 0.816. The second-order valence-corrected chi connectivity index (χ2v) is 6.59. The lowest BCUT2D eigenvalue weighted by atomic mass is 9.99. The number of likely N-dealkylation sites (tertiary alicyclic amines) is 1. The average molecular weight is 411 g/mol. The second-order valence-electron chi connectivity index (χ2n) is 5.55. The summed E-state index contributed by atoms with van der Waals surface area (Å²) in [5, 5.41) is 4.47. The maximum absolute atomic E-state index is 11.9. The Bertz CT molecular complexity index is 713. The van der Waals surface area contributed by atoms with Crippen LogP contribution in [0.3, 0.4) is 0 Å². The minimum absolute atomic E-state index is 0.00903. The quantitative estimate of drug-likeness (QED) is 0.623. The van der Waals surface area contributed by atoms with E-state index in [1.54, 1.807) is 6.33 Å². The molecule has 1 N–H and O–H groups in total. The zero-order valence-electron chi connectivity index (χ0n) is 12.4. The fourth-order valence-corrected chi connectivity index (χ4v) is 3.42. The van der Waals surface area contributed by atoms with Crippen molar-refractivity contribution in [3.63, 3.8) is 0 Å². The largest absolute Gasteiger partial charge is 0.365 e. The van der Waals surface area contributed by atoms with Crippen LogP contribution >= 0.6 is 22.9 Å². The topological polar surface area (TPSA) is 63.1 Å². The van der Waals surface area contributed by atoms with Gasteiger partial charge in [-0.25, -0.2) is 9.97 Å². The van der Waals surface area contributed by atoms with Crippen molar-refractivity contribution in [2.75, 3.05) is 11.9 Å². The first-order valence-corrected chi connectivity index (χ1v) is 8.24. The smallest absolute Gasteiger partial charge is 0.246 e. The molecule has 22 heavy (non-hydrogen) atoms. The van der Waals surface area contributed by atoms with E-state index in [1.807, 2.05) is 19.9 Å². The first-order valence-electron chi connectivity index (χ1n) is 7.28. The SMILES string of the molecule is C=CC(=O)N1C[C@H](Nc2ncnc3c2ccn3I)CC[C@@H]1C. The molecule has 1 saturated heterocycles. The molecule has 116 valence electrons. The molecule has 1 aliphatic heterocycles. The van der Waals surface area contributed by atoms with E-state index in [2.05, 4.69) is 51.7 Å². The van der Waals surface area contributed by atoms with Gasteiger partial charge in [-0.1, -0.05) is 6.58 Å². The number of nitrogens with one attached hydrogen (secondary N) is 1. The molecule has 3 rings (SSSR count). The van der Waals surface area contributed by atoms with Gasteiger partial charge in [-0.2, -0.15) is 0 Å². The highest BCUT2D eigenvalue weighted by molar-refractivity contribution is 14.1. The molecule has 0 unspecified atom stereocenters. The van der Waals surface area contributed by atoms with Gasteiger partial charge >= 0.3 is 0 Å². The predicted molar refractivity (Wildman–Crippen MR) is 95.0 cm³/mol. The highest BCUT2D eigenvalue weighted by Gasteiger charge is 2.28. The third-order valence-electron chi connectivity index (χ3n) is 4.12. The molecule has 7 heteroatoms. The number of anilines is 1. The van der Waals surface area contributed by atoms with E-state index in [1.165, 1.54) is 6.08 Å². The Morgan fingerprint density at radius 1 is 1.50 bits per heavy atom. The molecule has 1 amide bonds. The van der Waals surface area contributed by atoms with Gasteiger partial charge in [0.05, 0.1) is 28.3 Å². The third kappa shape index (κ3) is 2.81. The van der Waals surface area contributed by atoms with Crippen LogP contribution in [0.2, 0.25) is 0 Å². The summed E-state index contributed by atoms with van der Waals surface area (Å²) >= 11 is 2.19. The van der Waals surface area contributed by atoms with Crippen LogP contribution in [-0.4, -0.2) is 42.2 Å². The zero-order valence-corrected chi connectivity index (χ0v) is 14.5.